The summed E-state index contributed by atoms with van der Waals surface area (Å²) in [7, 11) is 1.94. The van der Waals surface area contributed by atoms with E-state index in [2.05, 4.69) is 4.98 Å². The molecule has 0 aliphatic heterocycles. The normalized spacial score (nSPS) is 10.3. The third kappa shape index (κ3) is 2.70. The average Bonchev–Trinajstić information content (AvgIpc) is 2.74. The van der Waals surface area contributed by atoms with Crippen LogP contribution in [0.1, 0.15) is 0 Å². The molecular formula is C10H9FN2S2. The fourth-order valence-corrected chi connectivity index (χ4v) is 2.52. The molecule has 1 aromatic carbocycles. The molecule has 0 spiro atoms. The van der Waals surface area contributed by atoms with Crippen LogP contribution >= 0.6 is 23.3 Å². The van der Waals surface area contributed by atoms with E-state index in [9.17, 15) is 4.39 Å². The first-order chi connectivity index (χ1) is 7.25. The highest BCUT2D eigenvalue weighted by Crippen LogP contribution is 2.28. The Hall–Kier alpha value is -1.07. The quantitative estimate of drug-likeness (QED) is 0.765. The van der Waals surface area contributed by atoms with Gasteiger partial charge < -0.3 is 0 Å². The molecule has 0 aliphatic rings. The highest BCUT2D eigenvalue weighted by atomic mass is 32.2. The molecule has 2 nitrogen and oxygen atoms in total. The molecule has 78 valence electrons. The lowest BCUT2D eigenvalue weighted by Crippen LogP contribution is -2.05. The van der Waals surface area contributed by atoms with E-state index in [0.29, 0.717) is 0 Å². The lowest BCUT2D eigenvalue weighted by molar-refractivity contribution is 0.626. The number of hydrogen-bond donors (Lipinski definition) is 0. The van der Waals surface area contributed by atoms with Gasteiger partial charge >= 0.3 is 0 Å². The van der Waals surface area contributed by atoms with E-state index < -0.39 is 0 Å². The van der Waals surface area contributed by atoms with Gasteiger partial charge in [0.1, 0.15) is 5.82 Å². The van der Waals surface area contributed by atoms with Crippen LogP contribution in [-0.2, 0) is 0 Å². The van der Waals surface area contributed by atoms with Crippen LogP contribution in [0.2, 0.25) is 0 Å². The van der Waals surface area contributed by atoms with Gasteiger partial charge in [0.2, 0.25) is 0 Å². The Morgan fingerprint density at radius 1 is 1.33 bits per heavy atom. The number of nitrogens with zero attached hydrogens (tertiary/aromatic N) is 2. The van der Waals surface area contributed by atoms with Gasteiger partial charge in [0.15, 0.2) is 5.13 Å². The van der Waals surface area contributed by atoms with E-state index in [1.165, 1.54) is 24.1 Å². The maximum atomic E-state index is 12.7. The number of hydrogen-bond acceptors (Lipinski definition) is 4. The molecular weight excluding hydrogens is 231 g/mol. The Kier molecular flexibility index (Phi) is 3.23. The zero-order chi connectivity index (χ0) is 10.7. The predicted octanol–water partition coefficient (Wildman–Crippen LogP) is 3.43. The number of rotatable bonds is 3. The average molecular weight is 240 g/mol. The Morgan fingerprint density at radius 3 is 2.67 bits per heavy atom. The molecule has 0 bridgehead atoms. The van der Waals surface area contributed by atoms with Crippen LogP contribution in [0.5, 0.6) is 0 Å². The van der Waals surface area contributed by atoms with Crippen molar-refractivity contribution < 1.29 is 4.39 Å². The maximum Gasteiger partial charge on any atom is 0.195 e. The third-order valence-electron chi connectivity index (χ3n) is 1.74. The summed E-state index contributed by atoms with van der Waals surface area (Å²) < 4.78 is 14.6. The molecule has 2 rings (SSSR count). The second-order valence-corrected chi connectivity index (χ2v) is 4.93. The molecule has 5 heteroatoms. The van der Waals surface area contributed by atoms with E-state index in [1.807, 2.05) is 16.7 Å². The van der Waals surface area contributed by atoms with Crippen LogP contribution in [0.25, 0.3) is 0 Å². The molecule has 0 fully saturated rings. The minimum absolute atomic E-state index is 0.212. The molecule has 1 aromatic heterocycles. The van der Waals surface area contributed by atoms with Crippen LogP contribution in [0, 0.1) is 5.82 Å². The van der Waals surface area contributed by atoms with Crippen LogP contribution in [0.4, 0.5) is 9.52 Å². The smallest absolute Gasteiger partial charge is 0.195 e. The third-order valence-corrected chi connectivity index (χ3v) is 3.64. The summed E-state index contributed by atoms with van der Waals surface area (Å²) in [6.45, 7) is 0. The molecule has 15 heavy (non-hydrogen) atoms. The maximum absolute atomic E-state index is 12.7. The van der Waals surface area contributed by atoms with E-state index in [1.54, 1.807) is 29.7 Å². The molecule has 2 aromatic rings. The highest BCUT2D eigenvalue weighted by Gasteiger charge is 2.05. The second-order valence-electron chi connectivity index (χ2n) is 2.86. The molecule has 0 unspecified atom stereocenters. The van der Waals surface area contributed by atoms with Crippen molar-refractivity contribution >= 4 is 28.4 Å². The van der Waals surface area contributed by atoms with Gasteiger partial charge in [-0.1, -0.05) is 0 Å². The number of aromatic nitrogens is 1. The minimum atomic E-state index is -0.212. The summed E-state index contributed by atoms with van der Waals surface area (Å²) in [5, 5.41) is 2.86. The zero-order valence-electron chi connectivity index (χ0n) is 8.05. The van der Waals surface area contributed by atoms with Crippen molar-refractivity contribution in [1.29, 1.82) is 0 Å². The summed E-state index contributed by atoms with van der Waals surface area (Å²) in [5.74, 6) is -0.212. The summed E-state index contributed by atoms with van der Waals surface area (Å²) in [5.41, 5.74) is 0. The number of anilines is 1. The van der Waals surface area contributed by atoms with Gasteiger partial charge in [-0.25, -0.2) is 9.37 Å². The Morgan fingerprint density at radius 2 is 2.07 bits per heavy atom. The van der Waals surface area contributed by atoms with E-state index in [-0.39, 0.29) is 5.82 Å². The van der Waals surface area contributed by atoms with Crippen molar-refractivity contribution in [2.45, 2.75) is 4.90 Å². The summed E-state index contributed by atoms with van der Waals surface area (Å²) in [4.78, 5) is 5.17. The van der Waals surface area contributed by atoms with Crippen molar-refractivity contribution in [2.75, 3.05) is 11.4 Å². The molecule has 0 radical (unpaired) electrons. The van der Waals surface area contributed by atoms with Gasteiger partial charge in [-0.05, 0) is 36.2 Å². The molecule has 0 saturated carbocycles. The lowest BCUT2D eigenvalue weighted by atomic mass is 10.4. The molecule has 0 N–H and O–H groups in total. The minimum Gasteiger partial charge on any atom is -0.291 e. The first-order valence-corrected chi connectivity index (χ1v) is 5.98. The Balaban J connectivity index is 2.06. The molecule has 0 saturated heterocycles. The summed E-state index contributed by atoms with van der Waals surface area (Å²) in [6.07, 6.45) is 1.77. The van der Waals surface area contributed by atoms with Crippen molar-refractivity contribution in [1.82, 2.24) is 4.98 Å². The van der Waals surface area contributed by atoms with Crippen molar-refractivity contribution in [3.8, 4) is 0 Å². The van der Waals surface area contributed by atoms with Crippen LogP contribution in [0.3, 0.4) is 0 Å². The second kappa shape index (κ2) is 4.63. The SMILES string of the molecule is CN(Sc1ccc(F)cc1)c1nccs1. The van der Waals surface area contributed by atoms with E-state index >= 15 is 0 Å². The largest absolute Gasteiger partial charge is 0.291 e. The molecule has 0 atom stereocenters. The van der Waals surface area contributed by atoms with E-state index in [4.69, 9.17) is 0 Å². The van der Waals surface area contributed by atoms with Gasteiger partial charge in [-0.3, -0.25) is 4.31 Å². The van der Waals surface area contributed by atoms with Crippen molar-refractivity contribution in [2.24, 2.45) is 0 Å². The number of benzene rings is 1. The Bertz CT molecular complexity index is 413. The fraction of sp³-hybridized carbons (Fsp3) is 0.100. The Labute approximate surface area is 95.9 Å². The first kappa shape index (κ1) is 10.4. The topological polar surface area (TPSA) is 16.1 Å². The van der Waals surface area contributed by atoms with Crippen molar-refractivity contribution in [3.63, 3.8) is 0 Å². The molecule has 1 heterocycles. The standard InChI is InChI=1S/C10H9FN2S2/c1-13(10-12-6-7-14-10)15-9-4-2-8(11)3-5-9/h2-7H,1H3. The molecule has 0 aliphatic carbocycles. The van der Waals surface area contributed by atoms with Gasteiger partial charge in [0, 0.05) is 23.5 Å². The van der Waals surface area contributed by atoms with Crippen LogP contribution < -0.4 is 4.31 Å². The fourth-order valence-electron chi connectivity index (χ4n) is 1.06. The van der Waals surface area contributed by atoms with Crippen molar-refractivity contribution in [3.05, 3.63) is 41.7 Å². The van der Waals surface area contributed by atoms with Crippen LogP contribution in [0.15, 0.2) is 40.7 Å². The predicted molar refractivity (Wildman–Crippen MR) is 62.8 cm³/mol. The monoisotopic (exact) mass is 240 g/mol. The molecule has 0 amide bonds. The van der Waals surface area contributed by atoms with Gasteiger partial charge in [-0.2, -0.15) is 0 Å². The number of thiazole rings is 1. The summed E-state index contributed by atoms with van der Waals surface area (Å²) in [6, 6.07) is 6.42. The number of halogens is 1. The van der Waals surface area contributed by atoms with Gasteiger partial charge in [0.05, 0.1) is 0 Å². The van der Waals surface area contributed by atoms with E-state index in [0.717, 1.165) is 10.0 Å². The first-order valence-electron chi connectivity index (χ1n) is 4.32. The highest BCUT2D eigenvalue weighted by molar-refractivity contribution is 8.00. The lowest BCUT2D eigenvalue weighted by Gasteiger charge is -2.13. The van der Waals surface area contributed by atoms with Crippen LogP contribution in [-0.4, -0.2) is 12.0 Å². The summed E-state index contributed by atoms with van der Waals surface area (Å²) >= 11 is 3.10. The van der Waals surface area contributed by atoms with Gasteiger partial charge in [0.25, 0.3) is 0 Å². The van der Waals surface area contributed by atoms with Gasteiger partial charge in [-0.15, -0.1) is 11.3 Å². The zero-order valence-corrected chi connectivity index (χ0v) is 9.69.